The summed E-state index contributed by atoms with van der Waals surface area (Å²) in [5.74, 6) is 0.721. The van der Waals surface area contributed by atoms with Crippen molar-refractivity contribution in [1.82, 2.24) is 10.1 Å². The monoisotopic (exact) mass is 405 g/mol. The first-order valence-corrected chi connectivity index (χ1v) is 8.94. The summed E-state index contributed by atoms with van der Waals surface area (Å²) >= 11 is 0. The third kappa shape index (κ3) is 4.83. The van der Waals surface area contributed by atoms with E-state index in [0.29, 0.717) is 22.9 Å². The summed E-state index contributed by atoms with van der Waals surface area (Å²) in [5.41, 5.74) is 2.32. The van der Waals surface area contributed by atoms with Gasteiger partial charge < -0.3 is 18.7 Å². The first kappa shape index (κ1) is 20.6. The molecule has 3 aromatic rings. The Labute approximate surface area is 173 Å². The zero-order valence-electron chi connectivity index (χ0n) is 16.7. The van der Waals surface area contributed by atoms with Crippen molar-refractivity contribution in [1.29, 1.82) is 5.26 Å². The normalized spacial score (nSPS) is 10.9. The highest BCUT2D eigenvalue weighted by molar-refractivity contribution is 5.97. The Morgan fingerprint density at radius 1 is 1.13 bits per heavy atom. The van der Waals surface area contributed by atoms with Gasteiger partial charge in [-0.2, -0.15) is 10.2 Å². The average Bonchev–Trinajstić information content (AvgIpc) is 3.25. The van der Waals surface area contributed by atoms with Crippen LogP contribution in [0.5, 0.6) is 11.5 Å². The van der Waals surface area contributed by atoms with Gasteiger partial charge in [-0.15, -0.1) is 0 Å². The lowest BCUT2D eigenvalue weighted by atomic mass is 10.1. The van der Waals surface area contributed by atoms with Gasteiger partial charge in [0.2, 0.25) is 5.82 Å². The van der Waals surface area contributed by atoms with E-state index in [2.05, 4.69) is 10.1 Å². The van der Waals surface area contributed by atoms with Crippen LogP contribution in [0, 0.1) is 18.3 Å². The van der Waals surface area contributed by atoms with E-state index in [-0.39, 0.29) is 18.1 Å². The maximum Gasteiger partial charge on any atom is 0.349 e. The van der Waals surface area contributed by atoms with Crippen LogP contribution in [0.1, 0.15) is 17.0 Å². The summed E-state index contributed by atoms with van der Waals surface area (Å²) in [6.07, 6.45) is 1.46. The van der Waals surface area contributed by atoms with Gasteiger partial charge in [0.05, 0.1) is 14.2 Å². The van der Waals surface area contributed by atoms with Crippen LogP contribution < -0.4 is 9.47 Å². The summed E-state index contributed by atoms with van der Waals surface area (Å²) in [6, 6.07) is 14.4. The van der Waals surface area contributed by atoms with Crippen LogP contribution in [0.3, 0.4) is 0 Å². The van der Waals surface area contributed by atoms with Gasteiger partial charge in [-0.25, -0.2) is 4.79 Å². The highest BCUT2D eigenvalue weighted by atomic mass is 16.6. The molecule has 3 rings (SSSR count). The number of nitriles is 1. The molecule has 2 aromatic carbocycles. The van der Waals surface area contributed by atoms with Gasteiger partial charge in [-0.3, -0.25) is 0 Å². The minimum Gasteiger partial charge on any atom is -0.493 e. The maximum absolute atomic E-state index is 12.2. The van der Waals surface area contributed by atoms with Crippen molar-refractivity contribution >= 4 is 12.0 Å². The molecule has 0 atom stereocenters. The number of aryl methyl sites for hydroxylation is 1. The molecular weight excluding hydrogens is 386 g/mol. The van der Waals surface area contributed by atoms with Crippen molar-refractivity contribution < 1.29 is 23.5 Å². The van der Waals surface area contributed by atoms with Crippen molar-refractivity contribution in [3.05, 3.63) is 65.1 Å². The van der Waals surface area contributed by atoms with Crippen molar-refractivity contribution in [2.24, 2.45) is 0 Å². The van der Waals surface area contributed by atoms with E-state index >= 15 is 0 Å². The lowest BCUT2D eigenvalue weighted by molar-refractivity contribution is -0.140. The number of hydrogen-bond donors (Lipinski definition) is 0. The SMILES string of the molecule is COc1ccc(-c2noc(COC(=O)/C(C#N)=C/c3ccc(C)cc3)n2)cc1OC. The first-order valence-electron chi connectivity index (χ1n) is 8.94. The summed E-state index contributed by atoms with van der Waals surface area (Å²) in [6.45, 7) is 1.69. The van der Waals surface area contributed by atoms with Crippen LogP contribution in [0.4, 0.5) is 0 Å². The van der Waals surface area contributed by atoms with E-state index in [4.69, 9.17) is 18.7 Å². The molecule has 1 heterocycles. The summed E-state index contributed by atoms with van der Waals surface area (Å²) in [4.78, 5) is 16.4. The van der Waals surface area contributed by atoms with Crippen LogP contribution in [0.2, 0.25) is 0 Å². The maximum atomic E-state index is 12.2. The Morgan fingerprint density at radius 3 is 2.53 bits per heavy atom. The highest BCUT2D eigenvalue weighted by Crippen LogP contribution is 2.31. The third-order valence-corrected chi connectivity index (χ3v) is 4.17. The van der Waals surface area contributed by atoms with E-state index in [1.165, 1.54) is 13.2 Å². The van der Waals surface area contributed by atoms with Crippen molar-refractivity contribution in [2.75, 3.05) is 14.2 Å². The molecule has 8 nitrogen and oxygen atoms in total. The summed E-state index contributed by atoms with van der Waals surface area (Å²) in [7, 11) is 3.07. The van der Waals surface area contributed by atoms with Gasteiger partial charge in [-0.1, -0.05) is 35.0 Å². The second-order valence-electron chi connectivity index (χ2n) is 6.24. The average molecular weight is 405 g/mol. The fraction of sp³-hybridized carbons (Fsp3) is 0.182. The second kappa shape index (κ2) is 9.39. The molecule has 0 fully saturated rings. The Kier molecular flexibility index (Phi) is 6.45. The van der Waals surface area contributed by atoms with Crippen molar-refractivity contribution in [3.8, 4) is 29.0 Å². The number of rotatable bonds is 7. The van der Waals surface area contributed by atoms with E-state index in [1.807, 2.05) is 37.3 Å². The number of carbonyl (C=O) groups excluding carboxylic acids is 1. The van der Waals surface area contributed by atoms with Crippen LogP contribution in [-0.4, -0.2) is 30.3 Å². The molecule has 0 saturated heterocycles. The van der Waals surface area contributed by atoms with Crippen LogP contribution in [-0.2, 0) is 16.1 Å². The Morgan fingerprint density at radius 2 is 1.87 bits per heavy atom. The van der Waals surface area contributed by atoms with Crippen molar-refractivity contribution in [3.63, 3.8) is 0 Å². The van der Waals surface area contributed by atoms with Crippen LogP contribution in [0.25, 0.3) is 17.5 Å². The number of nitrogens with zero attached hydrogens (tertiary/aromatic N) is 3. The molecule has 0 radical (unpaired) electrons. The van der Waals surface area contributed by atoms with Crippen LogP contribution in [0.15, 0.2) is 52.6 Å². The molecule has 1 aromatic heterocycles. The van der Waals surface area contributed by atoms with Gasteiger partial charge in [0.1, 0.15) is 11.6 Å². The van der Waals surface area contributed by atoms with Crippen LogP contribution >= 0.6 is 0 Å². The lowest BCUT2D eigenvalue weighted by Gasteiger charge is -2.07. The van der Waals surface area contributed by atoms with E-state index in [9.17, 15) is 10.1 Å². The predicted molar refractivity (Wildman–Crippen MR) is 107 cm³/mol. The van der Waals surface area contributed by atoms with E-state index in [1.54, 1.807) is 25.3 Å². The highest BCUT2D eigenvalue weighted by Gasteiger charge is 2.16. The molecule has 0 aliphatic carbocycles. The minimum atomic E-state index is -0.774. The molecular formula is C22H19N3O5. The largest absolute Gasteiger partial charge is 0.493 e. The number of hydrogen-bond acceptors (Lipinski definition) is 8. The fourth-order valence-corrected chi connectivity index (χ4v) is 2.58. The Hall–Kier alpha value is -4.12. The van der Waals surface area contributed by atoms with Gasteiger partial charge in [0.15, 0.2) is 18.1 Å². The smallest absolute Gasteiger partial charge is 0.349 e. The molecule has 8 heteroatoms. The molecule has 0 bridgehead atoms. The van der Waals surface area contributed by atoms with Crippen molar-refractivity contribution in [2.45, 2.75) is 13.5 Å². The first-order chi connectivity index (χ1) is 14.5. The lowest BCUT2D eigenvalue weighted by Crippen LogP contribution is -2.07. The molecule has 0 aliphatic rings. The van der Waals surface area contributed by atoms with Gasteiger partial charge in [0.25, 0.3) is 5.89 Å². The molecule has 152 valence electrons. The molecule has 0 spiro atoms. The minimum absolute atomic E-state index is 0.0979. The van der Waals surface area contributed by atoms with Gasteiger partial charge in [-0.05, 0) is 36.8 Å². The predicted octanol–water partition coefficient (Wildman–Crippen LogP) is 3.71. The topological polar surface area (TPSA) is 107 Å². The second-order valence-corrected chi connectivity index (χ2v) is 6.24. The molecule has 30 heavy (non-hydrogen) atoms. The summed E-state index contributed by atoms with van der Waals surface area (Å²) < 4.78 is 20.7. The molecule has 0 aliphatic heterocycles. The molecule has 0 saturated carbocycles. The molecule has 0 amide bonds. The van der Waals surface area contributed by atoms with Gasteiger partial charge >= 0.3 is 5.97 Å². The zero-order valence-corrected chi connectivity index (χ0v) is 16.7. The van der Waals surface area contributed by atoms with E-state index in [0.717, 1.165) is 11.1 Å². The van der Waals surface area contributed by atoms with Gasteiger partial charge in [0, 0.05) is 5.56 Å². The quantitative estimate of drug-likeness (QED) is 0.333. The standard InChI is InChI=1S/C22H19N3O5/c1-14-4-6-15(7-5-14)10-17(12-23)22(26)29-13-20-24-21(25-30-20)16-8-9-18(27-2)19(11-16)28-3/h4-11H,13H2,1-3H3/b17-10+. The third-order valence-electron chi connectivity index (χ3n) is 4.17. The van der Waals surface area contributed by atoms with E-state index < -0.39 is 5.97 Å². The fourth-order valence-electron chi connectivity index (χ4n) is 2.58. The number of ether oxygens (including phenoxy) is 3. The Balaban J connectivity index is 1.68. The molecule has 0 unspecified atom stereocenters. The number of benzene rings is 2. The number of carbonyl (C=O) groups is 1. The molecule has 0 N–H and O–H groups in total. The number of esters is 1. The number of methoxy groups -OCH3 is 2. The number of aromatic nitrogens is 2. The zero-order chi connectivity index (χ0) is 21.5. The Bertz CT molecular complexity index is 1110. The summed E-state index contributed by atoms with van der Waals surface area (Å²) in [5, 5.41) is 13.1.